The van der Waals surface area contributed by atoms with E-state index in [-0.39, 0.29) is 10.9 Å². The van der Waals surface area contributed by atoms with Crippen LogP contribution in [0.4, 0.5) is 10.1 Å². The molecule has 9 heteroatoms. The zero-order valence-electron chi connectivity index (χ0n) is 20.6. The van der Waals surface area contributed by atoms with E-state index >= 15 is 4.39 Å². The number of benzene rings is 2. The van der Waals surface area contributed by atoms with Crippen molar-refractivity contribution in [3.8, 4) is 0 Å². The number of hydrogen-bond donors (Lipinski definition) is 1. The summed E-state index contributed by atoms with van der Waals surface area (Å²) in [7, 11) is 0. The highest BCUT2D eigenvalue weighted by Crippen LogP contribution is 2.27. The number of aryl methyl sites for hydroxylation is 2. The van der Waals surface area contributed by atoms with E-state index < -0.39 is 17.2 Å². The fourth-order valence-electron chi connectivity index (χ4n) is 5.12. The molecule has 0 saturated carbocycles. The highest BCUT2D eigenvalue weighted by molar-refractivity contribution is 5.93. The zero-order chi connectivity index (χ0) is 25.4. The number of nitrogens with zero attached hydrogens (tertiary/aromatic N) is 5. The maximum Gasteiger partial charge on any atom is 0.341 e. The molecule has 1 aliphatic rings. The molecule has 0 bridgehead atoms. The third-order valence-electron chi connectivity index (χ3n) is 6.98. The van der Waals surface area contributed by atoms with Gasteiger partial charge < -0.3 is 19.1 Å². The quantitative estimate of drug-likeness (QED) is 0.422. The number of aromatic nitrogens is 3. The molecule has 1 saturated heterocycles. The number of imidazole rings is 1. The monoisotopic (exact) mass is 491 g/mol. The summed E-state index contributed by atoms with van der Waals surface area (Å²) < 4.78 is 19.2. The number of rotatable bonds is 7. The lowest BCUT2D eigenvalue weighted by molar-refractivity contribution is 0.0695. The average Bonchev–Trinajstić information content (AvgIpc) is 3.22. The molecular weight excluding hydrogens is 461 g/mol. The smallest absolute Gasteiger partial charge is 0.341 e. The Labute approximate surface area is 208 Å². The number of halogens is 1. The van der Waals surface area contributed by atoms with Gasteiger partial charge in [0.25, 0.3) is 0 Å². The number of hydrogen-bond acceptors (Lipinski definition) is 5. The van der Waals surface area contributed by atoms with Crippen LogP contribution in [0.1, 0.15) is 36.5 Å². The van der Waals surface area contributed by atoms with Crippen molar-refractivity contribution in [2.75, 3.05) is 31.1 Å². The molecular formula is C27H30FN5O3. The van der Waals surface area contributed by atoms with Crippen LogP contribution in [0, 0.1) is 5.82 Å². The maximum absolute atomic E-state index is 15.2. The molecule has 2 aromatic carbocycles. The molecule has 2 aromatic heterocycles. The van der Waals surface area contributed by atoms with Crippen molar-refractivity contribution in [1.82, 2.24) is 19.0 Å². The summed E-state index contributed by atoms with van der Waals surface area (Å²) in [6.45, 7) is 8.93. The molecule has 3 heterocycles. The van der Waals surface area contributed by atoms with Crippen LogP contribution in [0.25, 0.3) is 21.9 Å². The Bertz CT molecular complexity index is 1500. The van der Waals surface area contributed by atoms with Gasteiger partial charge in [0, 0.05) is 50.9 Å². The van der Waals surface area contributed by atoms with Gasteiger partial charge in [-0.1, -0.05) is 19.1 Å². The Morgan fingerprint density at radius 3 is 2.53 bits per heavy atom. The Hall–Kier alpha value is -3.72. The van der Waals surface area contributed by atoms with Crippen LogP contribution in [0.3, 0.4) is 0 Å². The van der Waals surface area contributed by atoms with Gasteiger partial charge in [-0.25, -0.2) is 14.2 Å². The maximum atomic E-state index is 15.2. The normalized spacial score (nSPS) is 14.7. The Balaban J connectivity index is 1.38. The lowest BCUT2D eigenvalue weighted by Gasteiger charge is -2.36. The molecule has 0 amide bonds. The Morgan fingerprint density at radius 1 is 1.08 bits per heavy atom. The number of fused-ring (bicyclic) bond motifs is 2. The van der Waals surface area contributed by atoms with Gasteiger partial charge in [-0.3, -0.25) is 9.69 Å². The molecule has 188 valence electrons. The van der Waals surface area contributed by atoms with Gasteiger partial charge in [-0.2, -0.15) is 0 Å². The number of aromatic carboxylic acids is 1. The number of para-hydroxylation sites is 2. The summed E-state index contributed by atoms with van der Waals surface area (Å²) in [6, 6.07) is 11.1. The highest BCUT2D eigenvalue weighted by atomic mass is 19.1. The fourth-order valence-corrected chi connectivity index (χ4v) is 5.12. The van der Waals surface area contributed by atoms with E-state index in [1.165, 1.54) is 12.3 Å². The highest BCUT2D eigenvalue weighted by Gasteiger charge is 2.24. The van der Waals surface area contributed by atoms with Crippen LogP contribution in [-0.4, -0.2) is 56.3 Å². The largest absolute Gasteiger partial charge is 0.477 e. The molecule has 0 spiro atoms. The van der Waals surface area contributed by atoms with Crippen LogP contribution >= 0.6 is 0 Å². The third kappa shape index (κ3) is 4.24. The van der Waals surface area contributed by atoms with E-state index in [1.54, 1.807) is 10.6 Å². The van der Waals surface area contributed by atoms with Gasteiger partial charge in [0.05, 0.1) is 28.8 Å². The summed E-state index contributed by atoms with van der Waals surface area (Å²) in [5, 5.41) is 9.45. The summed E-state index contributed by atoms with van der Waals surface area (Å²) >= 11 is 0. The number of pyridine rings is 1. The molecule has 1 fully saturated rings. The van der Waals surface area contributed by atoms with Crippen LogP contribution in [0.2, 0.25) is 0 Å². The van der Waals surface area contributed by atoms with Crippen molar-refractivity contribution < 1.29 is 14.3 Å². The average molecular weight is 492 g/mol. The van der Waals surface area contributed by atoms with E-state index in [1.807, 2.05) is 30.0 Å². The van der Waals surface area contributed by atoms with Crippen LogP contribution in [0.15, 0.2) is 47.4 Å². The Kier molecular flexibility index (Phi) is 6.49. The van der Waals surface area contributed by atoms with Crippen molar-refractivity contribution in [1.29, 1.82) is 0 Å². The lowest BCUT2D eigenvalue weighted by atomic mass is 10.1. The van der Waals surface area contributed by atoms with Crippen molar-refractivity contribution in [2.45, 2.75) is 39.9 Å². The van der Waals surface area contributed by atoms with Gasteiger partial charge in [0.1, 0.15) is 17.2 Å². The molecule has 1 N–H and O–H groups in total. The molecule has 0 atom stereocenters. The number of carboxylic acid groups (broad SMARTS) is 1. The standard InChI is InChI=1S/C27H30FN5O3/c1-3-9-33-22-8-6-5-7-21(22)29-25(33)17-30-10-12-32(13-11-30)24-15-23-18(14-20(24)28)26(34)19(27(35)36)16-31(23)4-2/h5-8,14-16H,3-4,9-13,17H2,1-2H3,(H,35,36). The molecule has 8 nitrogen and oxygen atoms in total. The minimum absolute atomic E-state index is 0.0893. The van der Waals surface area contributed by atoms with Gasteiger partial charge in [-0.15, -0.1) is 0 Å². The minimum Gasteiger partial charge on any atom is -0.477 e. The fraction of sp³-hybridized carbons (Fsp3) is 0.370. The van der Waals surface area contributed by atoms with E-state index in [0.29, 0.717) is 30.8 Å². The second-order valence-corrected chi connectivity index (χ2v) is 9.22. The summed E-state index contributed by atoms with van der Waals surface area (Å²) in [4.78, 5) is 33.3. The van der Waals surface area contributed by atoms with Gasteiger partial charge in [0.2, 0.25) is 5.43 Å². The molecule has 0 radical (unpaired) electrons. The first-order valence-corrected chi connectivity index (χ1v) is 12.4. The molecule has 5 rings (SSSR count). The SMILES string of the molecule is CCCn1c(CN2CCN(c3cc4c(cc3F)c(=O)c(C(=O)O)cn4CC)CC2)nc2ccccc21. The topological polar surface area (TPSA) is 83.6 Å². The molecule has 0 aliphatic carbocycles. The van der Waals surface area contributed by atoms with Crippen LogP contribution in [0.5, 0.6) is 0 Å². The summed E-state index contributed by atoms with van der Waals surface area (Å²) in [5.74, 6) is -0.773. The van der Waals surface area contributed by atoms with Crippen molar-refractivity contribution in [2.24, 2.45) is 0 Å². The predicted molar refractivity (Wildman–Crippen MR) is 138 cm³/mol. The molecule has 4 aromatic rings. The molecule has 36 heavy (non-hydrogen) atoms. The first-order chi connectivity index (χ1) is 17.4. The second kappa shape index (κ2) is 9.73. The number of anilines is 1. The van der Waals surface area contributed by atoms with Gasteiger partial charge in [0.15, 0.2) is 0 Å². The minimum atomic E-state index is -1.31. The van der Waals surface area contributed by atoms with Crippen molar-refractivity contribution >= 4 is 33.6 Å². The third-order valence-corrected chi connectivity index (χ3v) is 6.98. The Morgan fingerprint density at radius 2 is 1.83 bits per heavy atom. The van der Waals surface area contributed by atoms with Gasteiger partial charge >= 0.3 is 5.97 Å². The summed E-state index contributed by atoms with van der Waals surface area (Å²) in [5.41, 5.74) is 2.13. The molecule has 1 aliphatic heterocycles. The molecule has 0 unspecified atom stereocenters. The lowest BCUT2D eigenvalue weighted by Crippen LogP contribution is -2.46. The summed E-state index contributed by atoms with van der Waals surface area (Å²) in [6.07, 6.45) is 2.37. The second-order valence-electron chi connectivity index (χ2n) is 9.22. The number of carbonyl (C=O) groups is 1. The first kappa shape index (κ1) is 24.0. The first-order valence-electron chi connectivity index (χ1n) is 12.4. The zero-order valence-corrected chi connectivity index (χ0v) is 20.6. The van der Waals surface area contributed by atoms with E-state index in [0.717, 1.165) is 49.5 Å². The van der Waals surface area contributed by atoms with Crippen molar-refractivity contribution in [3.05, 3.63) is 70.0 Å². The number of carboxylic acids is 1. The van der Waals surface area contributed by atoms with Gasteiger partial charge in [-0.05, 0) is 37.6 Å². The van der Waals surface area contributed by atoms with E-state index in [9.17, 15) is 14.7 Å². The predicted octanol–water partition coefficient (Wildman–Crippen LogP) is 3.94. The van der Waals surface area contributed by atoms with E-state index in [4.69, 9.17) is 4.98 Å². The van der Waals surface area contributed by atoms with E-state index in [2.05, 4.69) is 22.5 Å². The number of piperazine rings is 1. The van der Waals surface area contributed by atoms with Crippen LogP contribution < -0.4 is 10.3 Å². The van der Waals surface area contributed by atoms with Crippen LogP contribution in [-0.2, 0) is 19.6 Å². The van der Waals surface area contributed by atoms with Crippen molar-refractivity contribution in [3.63, 3.8) is 0 Å².